The summed E-state index contributed by atoms with van der Waals surface area (Å²) in [5, 5.41) is 0. The first-order valence-electron chi connectivity index (χ1n) is 23.5. The third-order valence-corrected chi connectivity index (χ3v) is 14.0. The van der Waals surface area contributed by atoms with E-state index in [2.05, 4.69) is 252 Å². The highest BCUT2D eigenvalue weighted by molar-refractivity contribution is 6.88. The van der Waals surface area contributed by atoms with Crippen molar-refractivity contribution in [2.24, 2.45) is 0 Å². The summed E-state index contributed by atoms with van der Waals surface area (Å²) in [5.41, 5.74) is 18.9. The van der Waals surface area contributed by atoms with Gasteiger partial charge in [-0.15, -0.1) is 0 Å². The highest BCUT2D eigenvalue weighted by Gasteiger charge is 2.48. The normalized spacial score (nSPS) is 13.0. The summed E-state index contributed by atoms with van der Waals surface area (Å²) in [6, 6.07) is 81.4. The van der Waals surface area contributed by atoms with Gasteiger partial charge in [-0.05, 0) is 115 Å². The van der Waals surface area contributed by atoms with E-state index in [0.29, 0.717) is 0 Å². The molecule has 4 aliphatic heterocycles. The molecule has 0 amide bonds. The molecule has 10 aromatic carbocycles. The second-order valence-corrected chi connectivity index (χ2v) is 18.0. The van der Waals surface area contributed by atoms with Crippen LogP contribution >= 0.6 is 0 Å². The Bertz CT molecular complexity index is 3560. The average molecular weight is 886 g/mol. The van der Waals surface area contributed by atoms with Crippen LogP contribution in [0.25, 0.3) is 22.3 Å². The maximum atomic E-state index is 7.43. The van der Waals surface area contributed by atoms with Gasteiger partial charge in [-0.1, -0.05) is 133 Å². The topological polar surface area (TPSA) is 37.4 Å². The van der Waals surface area contributed by atoms with Gasteiger partial charge in [-0.2, -0.15) is 0 Å². The van der Waals surface area contributed by atoms with E-state index in [1.807, 2.05) is 0 Å². The van der Waals surface area contributed by atoms with Gasteiger partial charge in [0.15, 0.2) is 0 Å². The standard InChI is InChI=1S/C61H41B2N3O3/c1-40-60-52(39-53-61(40)67-57-38-47(36-51-49-32-18-20-34-56(49)69-63(53)59(51)57)65(43-25-11-4-12-26-43)44-27-13-5-14-28-44)62-58-50(48-31-17-19-33-55(48)68-62)35-46(37-54(58)66(60)45-29-15-6-16-30-45)64(41-21-7-2-8-22-41)42-23-9-3-10-24-42/h2-39H,1H3. The van der Waals surface area contributed by atoms with Crippen LogP contribution in [-0.4, -0.2) is 13.8 Å². The van der Waals surface area contributed by atoms with Gasteiger partial charge in [0, 0.05) is 79.0 Å². The van der Waals surface area contributed by atoms with Crippen molar-refractivity contribution in [3.63, 3.8) is 0 Å². The van der Waals surface area contributed by atoms with Crippen LogP contribution in [0.3, 0.4) is 0 Å². The summed E-state index contributed by atoms with van der Waals surface area (Å²) in [7, 11) is 0. The highest BCUT2D eigenvalue weighted by Crippen LogP contribution is 2.50. The number of para-hydroxylation sites is 7. The van der Waals surface area contributed by atoms with Crippen LogP contribution in [0.4, 0.5) is 51.2 Å². The fourth-order valence-electron chi connectivity index (χ4n) is 11.1. The largest absolute Gasteiger partial charge is 0.551 e. The summed E-state index contributed by atoms with van der Waals surface area (Å²) in [4.78, 5) is 7.08. The van der Waals surface area contributed by atoms with Gasteiger partial charge in [0.25, 0.3) is 0 Å². The molecule has 0 saturated heterocycles. The molecule has 0 bridgehead atoms. The molecule has 0 aliphatic carbocycles. The van der Waals surface area contributed by atoms with Crippen LogP contribution in [0, 0.1) is 6.92 Å². The van der Waals surface area contributed by atoms with Gasteiger partial charge >= 0.3 is 13.8 Å². The summed E-state index contributed by atoms with van der Waals surface area (Å²) in [5.74, 6) is 3.24. The van der Waals surface area contributed by atoms with E-state index < -0.39 is 13.8 Å². The third-order valence-electron chi connectivity index (χ3n) is 14.0. The molecule has 8 heteroatoms. The van der Waals surface area contributed by atoms with E-state index in [0.717, 1.165) is 124 Å². The predicted octanol–water partition coefficient (Wildman–Crippen LogP) is 13.2. The van der Waals surface area contributed by atoms with Gasteiger partial charge in [0.1, 0.15) is 23.0 Å². The molecule has 324 valence electrons. The predicted molar refractivity (Wildman–Crippen MR) is 284 cm³/mol. The summed E-state index contributed by atoms with van der Waals surface area (Å²) >= 11 is 0. The lowest BCUT2D eigenvalue weighted by molar-refractivity contribution is 0.476. The molecule has 14 rings (SSSR count). The number of anilines is 9. The fraction of sp³-hybridized carbons (Fsp3) is 0.0164. The Labute approximate surface area is 402 Å². The minimum atomic E-state index is -0.441. The van der Waals surface area contributed by atoms with E-state index in [1.165, 1.54) is 0 Å². The summed E-state index contributed by atoms with van der Waals surface area (Å²) < 4.78 is 21.9. The maximum absolute atomic E-state index is 7.43. The van der Waals surface area contributed by atoms with Gasteiger partial charge < -0.3 is 28.7 Å². The number of hydrogen-bond acceptors (Lipinski definition) is 6. The average Bonchev–Trinajstić information content (AvgIpc) is 3.41. The van der Waals surface area contributed by atoms with Crippen LogP contribution in [0.15, 0.2) is 231 Å². The van der Waals surface area contributed by atoms with E-state index in [1.54, 1.807) is 0 Å². The van der Waals surface area contributed by atoms with Gasteiger partial charge in [0.05, 0.1) is 11.4 Å². The quantitative estimate of drug-likeness (QED) is 0.148. The van der Waals surface area contributed by atoms with E-state index in [4.69, 9.17) is 14.0 Å². The lowest BCUT2D eigenvalue weighted by Gasteiger charge is -2.43. The van der Waals surface area contributed by atoms with E-state index >= 15 is 0 Å². The monoisotopic (exact) mass is 885 g/mol. The van der Waals surface area contributed by atoms with Crippen molar-refractivity contribution in [2.75, 3.05) is 14.7 Å². The fourth-order valence-corrected chi connectivity index (χ4v) is 11.1. The van der Waals surface area contributed by atoms with Crippen molar-refractivity contribution in [1.29, 1.82) is 0 Å². The molecule has 0 N–H and O–H groups in total. The molecule has 69 heavy (non-hydrogen) atoms. The first-order chi connectivity index (χ1) is 34.2. The Morgan fingerprint density at radius 2 is 0.812 bits per heavy atom. The Kier molecular flexibility index (Phi) is 8.89. The lowest BCUT2D eigenvalue weighted by Crippen LogP contribution is -2.60. The van der Waals surface area contributed by atoms with Crippen LogP contribution < -0.4 is 50.6 Å². The number of hydrogen-bond donors (Lipinski definition) is 0. The molecule has 6 nitrogen and oxygen atoms in total. The molecular formula is C61H41B2N3O3. The second kappa shape index (κ2) is 15.6. The Morgan fingerprint density at radius 1 is 0.377 bits per heavy atom. The molecule has 4 aliphatic rings. The second-order valence-electron chi connectivity index (χ2n) is 18.0. The lowest BCUT2D eigenvalue weighted by atomic mass is 9.45. The minimum absolute atomic E-state index is 0.427. The molecule has 0 saturated carbocycles. The van der Waals surface area contributed by atoms with Crippen LogP contribution in [0.5, 0.6) is 23.0 Å². The summed E-state index contributed by atoms with van der Waals surface area (Å²) in [6.45, 7) is 1.33. The van der Waals surface area contributed by atoms with Crippen molar-refractivity contribution < 1.29 is 14.0 Å². The number of nitrogens with zero attached hydrogens (tertiary/aromatic N) is 3. The number of fused-ring (bicyclic) bond motifs is 8. The molecule has 0 radical (unpaired) electrons. The minimum Gasteiger partial charge on any atom is -0.551 e. The van der Waals surface area contributed by atoms with Crippen LogP contribution in [-0.2, 0) is 0 Å². The Balaban J connectivity index is 1.02. The zero-order valence-corrected chi connectivity index (χ0v) is 37.7. The summed E-state index contributed by atoms with van der Waals surface area (Å²) in [6.07, 6.45) is 0. The maximum Gasteiger partial charge on any atom is 0.434 e. The zero-order valence-electron chi connectivity index (χ0n) is 37.7. The van der Waals surface area contributed by atoms with Crippen molar-refractivity contribution in [1.82, 2.24) is 0 Å². The smallest absolute Gasteiger partial charge is 0.434 e. The van der Waals surface area contributed by atoms with Crippen molar-refractivity contribution in [3.05, 3.63) is 236 Å². The van der Waals surface area contributed by atoms with Crippen molar-refractivity contribution in [2.45, 2.75) is 6.92 Å². The van der Waals surface area contributed by atoms with Crippen LogP contribution in [0.2, 0.25) is 0 Å². The van der Waals surface area contributed by atoms with Crippen LogP contribution in [0.1, 0.15) is 5.56 Å². The zero-order chi connectivity index (χ0) is 45.6. The number of rotatable bonds is 7. The molecule has 0 aromatic heterocycles. The molecule has 0 atom stereocenters. The van der Waals surface area contributed by atoms with Gasteiger partial charge in [0.2, 0.25) is 0 Å². The number of ether oxygens (including phenoxy) is 1. The highest BCUT2D eigenvalue weighted by atomic mass is 16.5. The SMILES string of the molecule is Cc1c2c(cc3c1N(c1ccccc1)c1cc(N(c4ccccc4)c4ccccc4)cc4c1B3Oc1ccccc1-4)B1Oc3ccccc3-c3cc(N(c4ccccc4)c4ccccc4)cc(c31)O2. The first-order valence-corrected chi connectivity index (χ1v) is 23.5. The third kappa shape index (κ3) is 6.15. The molecular weight excluding hydrogens is 844 g/mol. The van der Waals surface area contributed by atoms with Gasteiger partial charge in [-0.3, -0.25) is 0 Å². The molecule has 0 fully saturated rings. The van der Waals surface area contributed by atoms with Crippen molar-refractivity contribution >= 4 is 86.9 Å². The Hall–Kier alpha value is -8.87. The van der Waals surface area contributed by atoms with E-state index in [9.17, 15) is 0 Å². The van der Waals surface area contributed by atoms with Gasteiger partial charge in [-0.25, -0.2) is 0 Å². The molecule has 4 heterocycles. The first kappa shape index (κ1) is 39.3. The molecule has 10 aromatic rings. The molecule has 0 spiro atoms. The van der Waals surface area contributed by atoms with E-state index in [-0.39, 0.29) is 0 Å². The molecule has 0 unspecified atom stereocenters. The number of benzene rings is 10. The van der Waals surface area contributed by atoms with Crippen molar-refractivity contribution in [3.8, 4) is 45.3 Å². The Morgan fingerprint density at radius 3 is 1.33 bits per heavy atom.